The van der Waals surface area contributed by atoms with E-state index >= 15 is 0 Å². The van der Waals surface area contributed by atoms with Crippen LogP contribution in [-0.4, -0.2) is 29.2 Å². The molecule has 0 amide bonds. The summed E-state index contributed by atoms with van der Waals surface area (Å²) in [6.45, 7) is 0. The van der Waals surface area contributed by atoms with Crippen molar-refractivity contribution in [1.29, 1.82) is 0 Å². The summed E-state index contributed by atoms with van der Waals surface area (Å²) in [5.74, 6) is 0.948. The van der Waals surface area contributed by atoms with Gasteiger partial charge in [0.05, 0.1) is 19.5 Å². The van der Waals surface area contributed by atoms with E-state index in [1.165, 1.54) is 6.42 Å². The van der Waals surface area contributed by atoms with Crippen LogP contribution >= 0.6 is 0 Å². The van der Waals surface area contributed by atoms with Crippen LogP contribution in [0.3, 0.4) is 0 Å². The van der Waals surface area contributed by atoms with Gasteiger partial charge in [-0.25, -0.2) is 0 Å². The number of nitrogens with zero attached hydrogens (tertiary/aromatic N) is 2. The number of ether oxygens (including phenoxy) is 2. The maximum Gasteiger partial charge on any atom is 0.235 e. The highest BCUT2D eigenvalue weighted by molar-refractivity contribution is 5.13. The molecular weight excluding hydrogens is 206 g/mol. The number of nitrogens with two attached hydrogens (primary N) is 1. The molecule has 2 rings (SSSR count). The van der Waals surface area contributed by atoms with E-state index in [4.69, 9.17) is 15.2 Å². The Morgan fingerprint density at radius 1 is 1.25 bits per heavy atom. The van der Waals surface area contributed by atoms with Crippen molar-refractivity contribution < 1.29 is 9.47 Å². The SMILES string of the molecule is COc1cncc(OC2CCCCC2N)n1. The van der Waals surface area contributed by atoms with E-state index < -0.39 is 0 Å². The number of hydrogen-bond donors (Lipinski definition) is 1. The molecule has 1 heterocycles. The number of methoxy groups -OCH3 is 1. The van der Waals surface area contributed by atoms with Crippen LogP contribution in [0.1, 0.15) is 25.7 Å². The monoisotopic (exact) mass is 223 g/mol. The first kappa shape index (κ1) is 11.1. The second kappa shape index (κ2) is 5.12. The minimum Gasteiger partial charge on any atom is -0.480 e. The quantitative estimate of drug-likeness (QED) is 0.831. The summed E-state index contributed by atoms with van der Waals surface area (Å²) >= 11 is 0. The Balaban J connectivity index is 2.01. The van der Waals surface area contributed by atoms with E-state index in [2.05, 4.69) is 9.97 Å². The lowest BCUT2D eigenvalue weighted by Gasteiger charge is -2.28. The summed E-state index contributed by atoms with van der Waals surface area (Å²) in [7, 11) is 1.56. The van der Waals surface area contributed by atoms with Crippen molar-refractivity contribution in [2.45, 2.75) is 37.8 Å². The van der Waals surface area contributed by atoms with Crippen LogP contribution < -0.4 is 15.2 Å². The number of hydrogen-bond acceptors (Lipinski definition) is 5. The maximum absolute atomic E-state index is 5.99. The molecule has 0 aromatic carbocycles. The van der Waals surface area contributed by atoms with Crippen LogP contribution in [-0.2, 0) is 0 Å². The summed E-state index contributed by atoms with van der Waals surface area (Å²) in [6.07, 6.45) is 7.54. The van der Waals surface area contributed by atoms with E-state index in [1.807, 2.05) is 0 Å². The third-order valence-corrected chi connectivity index (χ3v) is 2.83. The predicted molar refractivity (Wildman–Crippen MR) is 59.4 cm³/mol. The van der Waals surface area contributed by atoms with Gasteiger partial charge in [-0.15, -0.1) is 0 Å². The number of rotatable bonds is 3. The molecule has 0 radical (unpaired) electrons. The minimum atomic E-state index is 0.0511. The molecule has 0 saturated heterocycles. The highest BCUT2D eigenvalue weighted by atomic mass is 16.5. The van der Waals surface area contributed by atoms with Crippen molar-refractivity contribution in [2.24, 2.45) is 5.73 Å². The lowest BCUT2D eigenvalue weighted by Crippen LogP contribution is -2.41. The fraction of sp³-hybridized carbons (Fsp3) is 0.636. The average Bonchev–Trinajstić information content (AvgIpc) is 2.32. The van der Waals surface area contributed by atoms with E-state index in [9.17, 15) is 0 Å². The highest BCUT2D eigenvalue weighted by Crippen LogP contribution is 2.22. The zero-order valence-electron chi connectivity index (χ0n) is 9.43. The molecule has 1 aliphatic rings. The Labute approximate surface area is 95.0 Å². The molecule has 0 aliphatic heterocycles. The Hall–Kier alpha value is -1.36. The van der Waals surface area contributed by atoms with Crippen LogP contribution in [0.25, 0.3) is 0 Å². The van der Waals surface area contributed by atoms with E-state index in [1.54, 1.807) is 19.5 Å². The lowest BCUT2D eigenvalue weighted by molar-refractivity contribution is 0.125. The topological polar surface area (TPSA) is 70.3 Å². The van der Waals surface area contributed by atoms with Gasteiger partial charge in [0.1, 0.15) is 6.10 Å². The van der Waals surface area contributed by atoms with Crippen molar-refractivity contribution in [3.8, 4) is 11.8 Å². The molecule has 1 saturated carbocycles. The smallest absolute Gasteiger partial charge is 0.235 e. The zero-order valence-corrected chi connectivity index (χ0v) is 9.43. The van der Waals surface area contributed by atoms with Crippen LogP contribution in [0.2, 0.25) is 0 Å². The van der Waals surface area contributed by atoms with E-state index in [-0.39, 0.29) is 12.1 Å². The Bertz CT molecular complexity index is 346. The van der Waals surface area contributed by atoms with Gasteiger partial charge in [-0.05, 0) is 19.3 Å². The summed E-state index contributed by atoms with van der Waals surface area (Å²) < 4.78 is 10.7. The average molecular weight is 223 g/mol. The Morgan fingerprint density at radius 2 is 2.00 bits per heavy atom. The molecule has 2 N–H and O–H groups in total. The minimum absolute atomic E-state index is 0.0511. The van der Waals surface area contributed by atoms with Gasteiger partial charge in [-0.3, -0.25) is 4.98 Å². The fourth-order valence-corrected chi connectivity index (χ4v) is 1.91. The molecule has 2 unspecified atom stereocenters. The third-order valence-electron chi connectivity index (χ3n) is 2.83. The van der Waals surface area contributed by atoms with E-state index in [0.29, 0.717) is 11.8 Å². The van der Waals surface area contributed by atoms with Crippen LogP contribution in [0, 0.1) is 0 Å². The summed E-state index contributed by atoms with van der Waals surface area (Å²) in [5, 5.41) is 0. The van der Waals surface area contributed by atoms with Crippen molar-refractivity contribution >= 4 is 0 Å². The fourth-order valence-electron chi connectivity index (χ4n) is 1.91. The van der Waals surface area contributed by atoms with Gasteiger partial charge in [0, 0.05) is 6.04 Å². The molecule has 0 bridgehead atoms. The van der Waals surface area contributed by atoms with Crippen LogP contribution in [0.4, 0.5) is 0 Å². The molecule has 0 spiro atoms. The molecule has 88 valence electrons. The first-order valence-corrected chi connectivity index (χ1v) is 5.58. The summed E-state index contributed by atoms with van der Waals surface area (Å²) in [4.78, 5) is 8.15. The molecule has 5 heteroatoms. The summed E-state index contributed by atoms with van der Waals surface area (Å²) in [6, 6.07) is 0.0988. The van der Waals surface area contributed by atoms with Gasteiger partial charge in [0.25, 0.3) is 0 Å². The number of aromatic nitrogens is 2. The van der Waals surface area contributed by atoms with Crippen molar-refractivity contribution in [2.75, 3.05) is 7.11 Å². The second-order valence-corrected chi connectivity index (χ2v) is 4.00. The third kappa shape index (κ3) is 2.61. The molecular formula is C11H17N3O2. The maximum atomic E-state index is 5.99. The Morgan fingerprint density at radius 3 is 2.75 bits per heavy atom. The Kier molecular flexibility index (Phi) is 3.56. The largest absolute Gasteiger partial charge is 0.480 e. The van der Waals surface area contributed by atoms with Crippen LogP contribution in [0.5, 0.6) is 11.8 Å². The van der Waals surface area contributed by atoms with Gasteiger partial charge >= 0.3 is 0 Å². The standard InChI is InChI=1S/C11H17N3O2/c1-15-10-6-13-7-11(14-10)16-9-5-3-2-4-8(9)12/h6-9H,2-5,12H2,1H3. The van der Waals surface area contributed by atoms with Gasteiger partial charge in [0.2, 0.25) is 11.8 Å². The molecule has 1 fully saturated rings. The van der Waals surface area contributed by atoms with Crippen molar-refractivity contribution in [1.82, 2.24) is 9.97 Å². The van der Waals surface area contributed by atoms with Gasteiger partial charge < -0.3 is 15.2 Å². The first-order chi connectivity index (χ1) is 7.79. The zero-order chi connectivity index (χ0) is 11.4. The predicted octanol–water partition coefficient (Wildman–Crippen LogP) is 1.13. The molecule has 16 heavy (non-hydrogen) atoms. The van der Waals surface area contributed by atoms with Crippen molar-refractivity contribution in [3.63, 3.8) is 0 Å². The summed E-state index contributed by atoms with van der Waals surface area (Å²) in [5.41, 5.74) is 5.99. The second-order valence-electron chi connectivity index (χ2n) is 4.00. The van der Waals surface area contributed by atoms with Gasteiger partial charge in [0.15, 0.2) is 0 Å². The van der Waals surface area contributed by atoms with E-state index in [0.717, 1.165) is 19.3 Å². The molecule has 2 atom stereocenters. The molecule has 1 aromatic heterocycles. The normalized spacial score (nSPS) is 25.1. The van der Waals surface area contributed by atoms with Crippen LogP contribution in [0.15, 0.2) is 12.4 Å². The molecule has 5 nitrogen and oxygen atoms in total. The van der Waals surface area contributed by atoms with Gasteiger partial charge in [-0.1, -0.05) is 6.42 Å². The van der Waals surface area contributed by atoms with Gasteiger partial charge in [-0.2, -0.15) is 4.98 Å². The first-order valence-electron chi connectivity index (χ1n) is 5.58. The lowest BCUT2D eigenvalue weighted by atomic mass is 9.93. The molecule has 1 aliphatic carbocycles. The highest BCUT2D eigenvalue weighted by Gasteiger charge is 2.23. The molecule has 1 aromatic rings. The van der Waals surface area contributed by atoms with Crippen molar-refractivity contribution in [3.05, 3.63) is 12.4 Å².